The number of anilines is 1. The minimum Gasteiger partial charge on any atom is -0.367 e. The van der Waals surface area contributed by atoms with E-state index in [0.717, 1.165) is 25.1 Å². The molecule has 2 aromatic carbocycles. The minimum atomic E-state index is -0.110. The van der Waals surface area contributed by atoms with E-state index in [1.165, 1.54) is 28.6 Å². The number of hydrogen-bond acceptors (Lipinski definition) is 4. The van der Waals surface area contributed by atoms with Gasteiger partial charge in [0.25, 0.3) is 5.91 Å². The molecule has 2 aliphatic rings. The maximum atomic E-state index is 11.7. The Bertz CT molecular complexity index is 843. The first-order valence-corrected chi connectivity index (χ1v) is 9.08. The Morgan fingerprint density at radius 3 is 2.54 bits per heavy atom. The van der Waals surface area contributed by atoms with Gasteiger partial charge in [0.2, 0.25) is 0 Å². The van der Waals surface area contributed by atoms with Crippen molar-refractivity contribution in [2.75, 3.05) is 11.4 Å². The zero-order chi connectivity index (χ0) is 16.5. The first-order valence-electron chi connectivity index (χ1n) is 7.86. The van der Waals surface area contributed by atoms with Crippen molar-refractivity contribution in [3.8, 4) is 0 Å². The van der Waals surface area contributed by atoms with E-state index in [0.29, 0.717) is 9.23 Å². The topological polar surface area (TPSA) is 32.3 Å². The molecule has 2 heterocycles. The third-order valence-corrected chi connectivity index (χ3v) is 5.49. The van der Waals surface area contributed by atoms with Crippen molar-refractivity contribution in [2.45, 2.75) is 13.0 Å². The smallest absolute Gasteiger partial charge is 0.263 e. The van der Waals surface area contributed by atoms with Gasteiger partial charge in [-0.25, -0.2) is 0 Å². The molecule has 0 bridgehead atoms. The van der Waals surface area contributed by atoms with Crippen LogP contribution in [0.2, 0.25) is 0 Å². The molecule has 1 saturated heterocycles. The molecule has 0 atom stereocenters. The van der Waals surface area contributed by atoms with Gasteiger partial charge >= 0.3 is 0 Å². The molecule has 1 N–H and O–H groups in total. The zero-order valence-electron chi connectivity index (χ0n) is 13.0. The summed E-state index contributed by atoms with van der Waals surface area (Å²) in [7, 11) is 0. The van der Waals surface area contributed by atoms with E-state index in [9.17, 15) is 4.79 Å². The maximum Gasteiger partial charge on any atom is 0.263 e. The Labute approximate surface area is 150 Å². The molecule has 2 aliphatic heterocycles. The number of thioether (sulfide) groups is 1. The van der Waals surface area contributed by atoms with Crippen LogP contribution in [0.25, 0.3) is 6.08 Å². The van der Waals surface area contributed by atoms with Crippen LogP contribution in [0.1, 0.15) is 16.7 Å². The van der Waals surface area contributed by atoms with Gasteiger partial charge in [-0.3, -0.25) is 4.79 Å². The third kappa shape index (κ3) is 3.09. The lowest BCUT2D eigenvalue weighted by Gasteiger charge is -2.30. The number of hydrogen-bond donors (Lipinski definition) is 1. The molecule has 120 valence electrons. The molecule has 0 saturated carbocycles. The average Bonchev–Trinajstić information content (AvgIpc) is 2.92. The van der Waals surface area contributed by atoms with Gasteiger partial charge in [-0.05, 0) is 41.3 Å². The number of thiocarbonyl (C=S) groups is 1. The standard InChI is InChI=1S/C19H16N2OS2/c22-18-17(24-19(23)20-18)11-13-5-7-16(8-6-13)21-10-9-14-3-1-2-4-15(14)12-21/h1-8,11H,9-10,12H2,(H,20,22,23)/b17-11-. The van der Waals surface area contributed by atoms with Gasteiger partial charge in [-0.15, -0.1) is 0 Å². The summed E-state index contributed by atoms with van der Waals surface area (Å²) < 4.78 is 0.523. The predicted octanol–water partition coefficient (Wildman–Crippen LogP) is 3.74. The lowest BCUT2D eigenvalue weighted by molar-refractivity contribution is -0.115. The molecule has 1 fully saturated rings. The molecule has 24 heavy (non-hydrogen) atoms. The van der Waals surface area contributed by atoms with E-state index >= 15 is 0 Å². The average molecular weight is 352 g/mol. The van der Waals surface area contributed by atoms with Crippen molar-refractivity contribution in [3.63, 3.8) is 0 Å². The fourth-order valence-corrected chi connectivity index (χ4v) is 4.11. The molecule has 5 heteroatoms. The van der Waals surface area contributed by atoms with Crippen molar-refractivity contribution < 1.29 is 4.79 Å². The largest absolute Gasteiger partial charge is 0.367 e. The fraction of sp³-hybridized carbons (Fsp3) is 0.158. The van der Waals surface area contributed by atoms with Gasteiger partial charge in [-0.2, -0.15) is 0 Å². The summed E-state index contributed by atoms with van der Waals surface area (Å²) in [6.07, 6.45) is 2.96. The van der Waals surface area contributed by atoms with Crippen molar-refractivity contribution in [1.82, 2.24) is 5.32 Å². The van der Waals surface area contributed by atoms with Gasteiger partial charge in [-0.1, -0.05) is 60.4 Å². The summed E-state index contributed by atoms with van der Waals surface area (Å²) in [5.41, 5.74) is 5.09. The number of carbonyl (C=O) groups excluding carboxylic acids is 1. The van der Waals surface area contributed by atoms with Crippen LogP contribution in [0.3, 0.4) is 0 Å². The molecule has 0 aromatic heterocycles. The first-order chi connectivity index (χ1) is 11.7. The van der Waals surface area contributed by atoms with Gasteiger partial charge in [0, 0.05) is 18.8 Å². The van der Waals surface area contributed by atoms with Crippen molar-refractivity contribution in [1.29, 1.82) is 0 Å². The lowest BCUT2D eigenvalue weighted by atomic mass is 9.99. The van der Waals surface area contributed by atoms with E-state index in [1.807, 2.05) is 6.08 Å². The molecule has 3 nitrogen and oxygen atoms in total. The molecule has 2 aromatic rings. The highest BCUT2D eigenvalue weighted by molar-refractivity contribution is 8.26. The second-order valence-corrected chi connectivity index (χ2v) is 7.60. The Hall–Kier alpha value is -2.11. The predicted molar refractivity (Wildman–Crippen MR) is 104 cm³/mol. The van der Waals surface area contributed by atoms with E-state index in [-0.39, 0.29) is 5.91 Å². The van der Waals surface area contributed by atoms with Gasteiger partial charge < -0.3 is 10.2 Å². The molecule has 0 radical (unpaired) electrons. The molecular weight excluding hydrogens is 336 g/mol. The van der Waals surface area contributed by atoms with E-state index in [1.54, 1.807) is 0 Å². The SMILES string of the molecule is O=C1NC(=S)S/C1=C\c1ccc(N2CCc3ccccc3C2)cc1. The van der Waals surface area contributed by atoms with Gasteiger partial charge in [0.15, 0.2) is 0 Å². The number of nitrogens with zero attached hydrogens (tertiary/aromatic N) is 1. The second kappa shape index (κ2) is 6.42. The maximum absolute atomic E-state index is 11.7. The molecule has 4 rings (SSSR count). The first kappa shape index (κ1) is 15.4. The van der Waals surface area contributed by atoms with Crippen molar-refractivity contribution >= 4 is 46.0 Å². The number of benzene rings is 2. The second-order valence-electron chi connectivity index (χ2n) is 5.88. The highest BCUT2D eigenvalue weighted by Gasteiger charge is 2.22. The molecule has 0 aliphatic carbocycles. The molecule has 0 unspecified atom stereocenters. The van der Waals surface area contributed by atoms with Crippen LogP contribution in [0.5, 0.6) is 0 Å². The highest BCUT2D eigenvalue weighted by Crippen LogP contribution is 2.28. The number of amides is 1. The third-order valence-electron chi connectivity index (χ3n) is 4.33. The molecular formula is C19H16N2OS2. The van der Waals surface area contributed by atoms with Crippen molar-refractivity contribution in [3.05, 3.63) is 70.1 Å². The number of carbonyl (C=O) groups is 1. The highest BCUT2D eigenvalue weighted by atomic mass is 32.2. The quantitative estimate of drug-likeness (QED) is 0.659. The number of fused-ring (bicyclic) bond motifs is 1. The van der Waals surface area contributed by atoms with Crippen LogP contribution in [0.15, 0.2) is 53.4 Å². The van der Waals surface area contributed by atoms with Crippen LogP contribution < -0.4 is 10.2 Å². The summed E-state index contributed by atoms with van der Waals surface area (Å²) in [5.74, 6) is -0.110. The minimum absolute atomic E-state index is 0.110. The Kier molecular flexibility index (Phi) is 4.12. The van der Waals surface area contributed by atoms with Crippen molar-refractivity contribution in [2.24, 2.45) is 0 Å². The van der Waals surface area contributed by atoms with E-state index < -0.39 is 0 Å². The van der Waals surface area contributed by atoms with Crippen LogP contribution in [0, 0.1) is 0 Å². The summed E-state index contributed by atoms with van der Waals surface area (Å²) in [4.78, 5) is 14.8. The Morgan fingerprint density at radius 2 is 1.83 bits per heavy atom. The summed E-state index contributed by atoms with van der Waals surface area (Å²) in [5, 5.41) is 2.64. The summed E-state index contributed by atoms with van der Waals surface area (Å²) >= 11 is 6.33. The Morgan fingerprint density at radius 1 is 1.08 bits per heavy atom. The molecule has 0 spiro atoms. The van der Waals surface area contributed by atoms with Crippen LogP contribution >= 0.6 is 24.0 Å². The number of nitrogens with one attached hydrogen (secondary N) is 1. The fourth-order valence-electron chi connectivity index (χ4n) is 3.07. The van der Waals surface area contributed by atoms with Crippen LogP contribution in [-0.4, -0.2) is 16.8 Å². The summed E-state index contributed by atoms with van der Waals surface area (Å²) in [6.45, 7) is 1.98. The normalized spacial score (nSPS) is 18.7. The lowest BCUT2D eigenvalue weighted by Crippen LogP contribution is -2.30. The number of rotatable bonds is 2. The van der Waals surface area contributed by atoms with Crippen LogP contribution in [0.4, 0.5) is 5.69 Å². The molecule has 1 amide bonds. The van der Waals surface area contributed by atoms with E-state index in [4.69, 9.17) is 12.2 Å². The van der Waals surface area contributed by atoms with Gasteiger partial charge in [0.05, 0.1) is 4.91 Å². The Balaban J connectivity index is 1.52. The van der Waals surface area contributed by atoms with Crippen LogP contribution in [-0.2, 0) is 17.8 Å². The monoisotopic (exact) mass is 352 g/mol. The van der Waals surface area contributed by atoms with Gasteiger partial charge in [0.1, 0.15) is 4.32 Å². The van der Waals surface area contributed by atoms with E-state index in [2.05, 4.69) is 58.7 Å². The summed E-state index contributed by atoms with van der Waals surface area (Å²) in [6, 6.07) is 17.0. The zero-order valence-corrected chi connectivity index (χ0v) is 14.6.